The second kappa shape index (κ2) is 6.32. The average molecular weight is 311 g/mol. The first-order valence-electron chi connectivity index (χ1n) is 7.78. The minimum atomic E-state index is -0.419. The van der Waals surface area contributed by atoms with E-state index in [4.69, 9.17) is 9.47 Å². The smallest absolute Gasteiger partial charge is 0.235 e. The number of benzene rings is 2. The highest BCUT2D eigenvalue weighted by molar-refractivity contribution is 6.00. The fourth-order valence-electron chi connectivity index (χ4n) is 3.06. The summed E-state index contributed by atoms with van der Waals surface area (Å²) >= 11 is 0. The molecule has 0 radical (unpaired) electrons. The van der Waals surface area contributed by atoms with Crippen LogP contribution in [-0.4, -0.2) is 20.1 Å². The fourth-order valence-corrected chi connectivity index (χ4v) is 3.06. The molecule has 0 aliphatic heterocycles. The summed E-state index contributed by atoms with van der Waals surface area (Å²) in [7, 11) is 3.19. The first-order chi connectivity index (χ1) is 11.2. The van der Waals surface area contributed by atoms with Gasteiger partial charge in [0.15, 0.2) is 0 Å². The number of carbonyl (C=O) groups is 1. The third-order valence-corrected chi connectivity index (χ3v) is 4.58. The zero-order chi connectivity index (χ0) is 16.3. The first-order valence-corrected chi connectivity index (χ1v) is 7.78. The molecule has 1 fully saturated rings. The maximum absolute atomic E-state index is 12.9. The van der Waals surface area contributed by atoms with Gasteiger partial charge in [0.25, 0.3) is 0 Å². The van der Waals surface area contributed by atoms with Crippen LogP contribution in [0.5, 0.6) is 11.5 Å². The predicted molar refractivity (Wildman–Crippen MR) is 90.1 cm³/mol. The lowest BCUT2D eigenvalue weighted by Gasteiger charge is -2.40. The second-order valence-electron chi connectivity index (χ2n) is 5.86. The molecule has 0 saturated heterocycles. The molecule has 3 rings (SSSR count). The van der Waals surface area contributed by atoms with Crippen molar-refractivity contribution in [3.8, 4) is 11.5 Å². The molecule has 120 valence electrons. The number of rotatable bonds is 5. The first kappa shape index (κ1) is 15.4. The molecule has 0 spiro atoms. The number of methoxy groups -OCH3 is 2. The Bertz CT molecular complexity index is 671. The van der Waals surface area contributed by atoms with E-state index in [1.807, 2.05) is 30.3 Å². The van der Waals surface area contributed by atoms with E-state index in [-0.39, 0.29) is 5.91 Å². The van der Waals surface area contributed by atoms with Crippen molar-refractivity contribution in [1.82, 2.24) is 0 Å². The SMILES string of the molecule is COc1cc(NC(=O)C2(c3ccccc3)CCC2)cc(OC)c1. The van der Waals surface area contributed by atoms with E-state index in [0.29, 0.717) is 17.2 Å². The molecule has 0 heterocycles. The third-order valence-electron chi connectivity index (χ3n) is 4.58. The number of amides is 1. The summed E-state index contributed by atoms with van der Waals surface area (Å²) in [6.07, 6.45) is 2.83. The van der Waals surface area contributed by atoms with E-state index in [1.165, 1.54) is 0 Å². The summed E-state index contributed by atoms with van der Waals surface area (Å²) in [4.78, 5) is 12.9. The Balaban J connectivity index is 1.86. The van der Waals surface area contributed by atoms with E-state index in [0.717, 1.165) is 24.8 Å². The largest absolute Gasteiger partial charge is 0.497 e. The van der Waals surface area contributed by atoms with Crippen molar-refractivity contribution in [2.75, 3.05) is 19.5 Å². The summed E-state index contributed by atoms with van der Waals surface area (Å²) in [5.74, 6) is 1.34. The van der Waals surface area contributed by atoms with Gasteiger partial charge in [0.1, 0.15) is 11.5 Å². The molecule has 4 heteroatoms. The molecule has 0 unspecified atom stereocenters. The van der Waals surface area contributed by atoms with Gasteiger partial charge in [-0.1, -0.05) is 36.8 Å². The zero-order valence-electron chi connectivity index (χ0n) is 13.5. The van der Waals surface area contributed by atoms with Gasteiger partial charge in [-0.2, -0.15) is 0 Å². The highest BCUT2D eigenvalue weighted by atomic mass is 16.5. The summed E-state index contributed by atoms with van der Waals surface area (Å²) in [5, 5.41) is 3.03. The van der Waals surface area contributed by atoms with Crippen molar-refractivity contribution in [3.63, 3.8) is 0 Å². The number of hydrogen-bond acceptors (Lipinski definition) is 3. The van der Waals surface area contributed by atoms with Crippen LogP contribution in [0.2, 0.25) is 0 Å². The van der Waals surface area contributed by atoms with E-state index in [2.05, 4.69) is 5.32 Å². The lowest BCUT2D eigenvalue weighted by Crippen LogP contribution is -2.45. The molecule has 23 heavy (non-hydrogen) atoms. The van der Waals surface area contributed by atoms with Crippen LogP contribution in [0.15, 0.2) is 48.5 Å². The van der Waals surface area contributed by atoms with Crippen molar-refractivity contribution < 1.29 is 14.3 Å². The predicted octanol–water partition coefficient (Wildman–Crippen LogP) is 3.76. The number of ether oxygens (including phenoxy) is 2. The van der Waals surface area contributed by atoms with Crippen LogP contribution in [0.25, 0.3) is 0 Å². The molecule has 1 aliphatic carbocycles. The fraction of sp³-hybridized carbons (Fsp3) is 0.316. The molecule has 2 aromatic rings. The van der Waals surface area contributed by atoms with Gasteiger partial charge in [0, 0.05) is 23.9 Å². The Morgan fingerprint density at radius 2 is 1.61 bits per heavy atom. The molecule has 0 bridgehead atoms. The van der Waals surface area contributed by atoms with Crippen molar-refractivity contribution in [2.45, 2.75) is 24.7 Å². The maximum atomic E-state index is 12.9. The van der Waals surface area contributed by atoms with Crippen molar-refractivity contribution in [3.05, 3.63) is 54.1 Å². The van der Waals surface area contributed by atoms with Gasteiger partial charge in [-0.3, -0.25) is 4.79 Å². The molecule has 4 nitrogen and oxygen atoms in total. The summed E-state index contributed by atoms with van der Waals surface area (Å²) < 4.78 is 10.5. The number of hydrogen-bond donors (Lipinski definition) is 1. The highest BCUT2D eigenvalue weighted by Crippen LogP contribution is 2.44. The summed E-state index contributed by atoms with van der Waals surface area (Å²) in [6, 6.07) is 15.4. The van der Waals surface area contributed by atoms with Crippen LogP contribution in [0.3, 0.4) is 0 Å². The van der Waals surface area contributed by atoms with Gasteiger partial charge >= 0.3 is 0 Å². The van der Waals surface area contributed by atoms with Crippen LogP contribution >= 0.6 is 0 Å². The Kier molecular flexibility index (Phi) is 4.24. The van der Waals surface area contributed by atoms with E-state index in [1.54, 1.807) is 32.4 Å². The standard InChI is InChI=1S/C19H21NO3/c1-22-16-11-15(12-17(13-16)23-2)20-18(21)19(9-6-10-19)14-7-4-3-5-8-14/h3-5,7-8,11-13H,6,9-10H2,1-2H3,(H,20,21). The van der Waals surface area contributed by atoms with E-state index in [9.17, 15) is 4.79 Å². The Morgan fingerprint density at radius 1 is 1.00 bits per heavy atom. The number of nitrogens with one attached hydrogen (secondary N) is 1. The summed E-state index contributed by atoms with van der Waals surface area (Å²) in [5.41, 5.74) is 1.35. The number of carbonyl (C=O) groups excluding carboxylic acids is 1. The van der Waals surface area contributed by atoms with Crippen LogP contribution in [-0.2, 0) is 10.2 Å². The highest BCUT2D eigenvalue weighted by Gasteiger charge is 2.45. The van der Waals surface area contributed by atoms with Gasteiger partial charge in [0.05, 0.1) is 19.6 Å². The molecular weight excluding hydrogens is 290 g/mol. The van der Waals surface area contributed by atoms with Crippen LogP contribution in [0.4, 0.5) is 5.69 Å². The van der Waals surface area contributed by atoms with Crippen LogP contribution < -0.4 is 14.8 Å². The molecule has 1 N–H and O–H groups in total. The Labute approximate surface area is 136 Å². The monoisotopic (exact) mass is 311 g/mol. The second-order valence-corrected chi connectivity index (χ2v) is 5.86. The minimum absolute atomic E-state index is 0.0326. The number of anilines is 1. The zero-order valence-corrected chi connectivity index (χ0v) is 13.5. The van der Waals surface area contributed by atoms with Gasteiger partial charge in [-0.15, -0.1) is 0 Å². The minimum Gasteiger partial charge on any atom is -0.497 e. The molecule has 1 aliphatic rings. The molecule has 2 aromatic carbocycles. The van der Waals surface area contributed by atoms with Crippen molar-refractivity contribution in [2.24, 2.45) is 0 Å². The molecule has 1 saturated carbocycles. The quantitative estimate of drug-likeness (QED) is 0.914. The van der Waals surface area contributed by atoms with Gasteiger partial charge in [0.2, 0.25) is 5.91 Å². The average Bonchev–Trinajstić information content (AvgIpc) is 2.54. The normalized spacial score (nSPS) is 15.4. The third kappa shape index (κ3) is 2.89. The lowest BCUT2D eigenvalue weighted by atomic mass is 9.64. The Hall–Kier alpha value is -2.49. The lowest BCUT2D eigenvalue weighted by molar-refractivity contribution is -0.124. The summed E-state index contributed by atoms with van der Waals surface area (Å²) in [6.45, 7) is 0. The van der Waals surface area contributed by atoms with Crippen LogP contribution in [0, 0.1) is 0 Å². The van der Waals surface area contributed by atoms with E-state index >= 15 is 0 Å². The van der Waals surface area contributed by atoms with Gasteiger partial charge < -0.3 is 14.8 Å². The van der Waals surface area contributed by atoms with Gasteiger partial charge in [-0.05, 0) is 18.4 Å². The van der Waals surface area contributed by atoms with Crippen molar-refractivity contribution in [1.29, 1.82) is 0 Å². The van der Waals surface area contributed by atoms with Crippen LogP contribution in [0.1, 0.15) is 24.8 Å². The Morgan fingerprint density at radius 3 is 2.09 bits per heavy atom. The topological polar surface area (TPSA) is 47.6 Å². The molecular formula is C19H21NO3. The van der Waals surface area contributed by atoms with E-state index < -0.39 is 5.41 Å². The molecule has 0 atom stereocenters. The molecule has 0 aromatic heterocycles. The molecule has 1 amide bonds. The van der Waals surface area contributed by atoms with Gasteiger partial charge in [-0.25, -0.2) is 0 Å². The maximum Gasteiger partial charge on any atom is 0.235 e. The van der Waals surface area contributed by atoms with Crippen molar-refractivity contribution >= 4 is 11.6 Å².